The van der Waals surface area contributed by atoms with Gasteiger partial charge in [0.05, 0.1) is 4.92 Å². The number of nitrogen functional groups attached to an aromatic ring is 1. The van der Waals surface area contributed by atoms with Gasteiger partial charge in [0.1, 0.15) is 6.33 Å². The van der Waals surface area contributed by atoms with Gasteiger partial charge in [-0.25, -0.2) is 9.97 Å². The van der Waals surface area contributed by atoms with E-state index < -0.39 is 4.92 Å². The largest absolute Gasteiger partial charge is 0.378 e. The zero-order valence-corrected chi connectivity index (χ0v) is 9.82. The Hall–Kier alpha value is -1.57. The number of hydrogen-bond donors (Lipinski definition) is 2. The fraction of sp³-hybridized carbons (Fsp3) is 0.500. The Bertz CT molecular complexity index is 387. The molecule has 88 valence electrons. The topological polar surface area (TPSA) is 107 Å². The first-order valence-corrected chi connectivity index (χ1v) is 5.96. The summed E-state index contributed by atoms with van der Waals surface area (Å²) in [5.74, 6) is 0.860. The fourth-order valence-electron chi connectivity index (χ4n) is 1.20. The number of rotatable bonds is 5. The summed E-state index contributed by atoms with van der Waals surface area (Å²) in [6.45, 7) is 1.92. The molecule has 0 saturated heterocycles. The molecule has 0 saturated carbocycles. The molecule has 7 nitrogen and oxygen atoms in total. The van der Waals surface area contributed by atoms with E-state index in [9.17, 15) is 10.1 Å². The summed E-state index contributed by atoms with van der Waals surface area (Å²) in [6.07, 6.45) is 3.16. The zero-order chi connectivity index (χ0) is 12.1. The Morgan fingerprint density at radius 1 is 1.69 bits per heavy atom. The van der Waals surface area contributed by atoms with Crippen molar-refractivity contribution in [2.45, 2.75) is 13.0 Å². The van der Waals surface area contributed by atoms with Gasteiger partial charge in [0.15, 0.2) is 0 Å². The molecule has 1 aromatic heterocycles. The lowest BCUT2D eigenvalue weighted by Gasteiger charge is -2.12. The first-order valence-electron chi connectivity index (χ1n) is 4.56. The minimum atomic E-state index is -0.580. The van der Waals surface area contributed by atoms with Crippen molar-refractivity contribution >= 4 is 29.1 Å². The lowest BCUT2D eigenvalue weighted by Crippen LogP contribution is -2.20. The van der Waals surface area contributed by atoms with E-state index >= 15 is 0 Å². The molecular weight excluding hydrogens is 230 g/mol. The first kappa shape index (κ1) is 12.5. The van der Waals surface area contributed by atoms with Crippen LogP contribution in [0.5, 0.6) is 0 Å². The molecule has 16 heavy (non-hydrogen) atoms. The molecule has 1 rings (SSSR count). The number of anilines is 2. The SMILES string of the molecule is CSCC(C)Nc1ncnc(N)c1[N+](=O)[O-]. The molecule has 1 aromatic rings. The summed E-state index contributed by atoms with van der Waals surface area (Å²) >= 11 is 1.64. The number of nitrogens with zero attached hydrogens (tertiary/aromatic N) is 3. The van der Waals surface area contributed by atoms with Crippen molar-refractivity contribution in [3.8, 4) is 0 Å². The Kier molecular flexibility index (Phi) is 4.29. The van der Waals surface area contributed by atoms with Crippen LogP contribution in [0.15, 0.2) is 6.33 Å². The van der Waals surface area contributed by atoms with Crippen LogP contribution in [0.1, 0.15) is 6.92 Å². The highest BCUT2D eigenvalue weighted by Crippen LogP contribution is 2.26. The molecule has 0 spiro atoms. The molecular formula is C8H13N5O2S. The molecule has 0 fully saturated rings. The van der Waals surface area contributed by atoms with E-state index in [1.165, 1.54) is 6.33 Å². The van der Waals surface area contributed by atoms with Crippen LogP contribution in [0, 0.1) is 10.1 Å². The van der Waals surface area contributed by atoms with E-state index in [-0.39, 0.29) is 23.4 Å². The minimum Gasteiger partial charge on any atom is -0.378 e. The van der Waals surface area contributed by atoms with Gasteiger partial charge < -0.3 is 11.1 Å². The second-order valence-electron chi connectivity index (χ2n) is 3.21. The molecule has 1 atom stereocenters. The zero-order valence-electron chi connectivity index (χ0n) is 9.01. The molecule has 0 radical (unpaired) electrons. The molecule has 0 bridgehead atoms. The summed E-state index contributed by atoms with van der Waals surface area (Å²) in [5.41, 5.74) is 5.17. The molecule has 8 heteroatoms. The molecule has 0 aliphatic heterocycles. The van der Waals surface area contributed by atoms with Gasteiger partial charge in [-0.3, -0.25) is 10.1 Å². The van der Waals surface area contributed by atoms with Crippen LogP contribution in [0.4, 0.5) is 17.3 Å². The number of nitro groups is 1. The van der Waals surface area contributed by atoms with Crippen molar-refractivity contribution < 1.29 is 4.92 Å². The maximum atomic E-state index is 10.8. The third-order valence-electron chi connectivity index (χ3n) is 1.83. The molecule has 0 aliphatic rings. The fourth-order valence-corrected chi connectivity index (χ4v) is 1.79. The highest BCUT2D eigenvalue weighted by molar-refractivity contribution is 7.98. The van der Waals surface area contributed by atoms with Gasteiger partial charge in [-0.15, -0.1) is 0 Å². The Morgan fingerprint density at radius 2 is 2.38 bits per heavy atom. The summed E-state index contributed by atoms with van der Waals surface area (Å²) < 4.78 is 0. The number of nitrogens with one attached hydrogen (secondary N) is 1. The smallest absolute Gasteiger partial charge is 0.352 e. The quantitative estimate of drug-likeness (QED) is 0.589. The van der Waals surface area contributed by atoms with Crippen molar-refractivity contribution in [2.75, 3.05) is 23.1 Å². The predicted molar refractivity (Wildman–Crippen MR) is 64.6 cm³/mol. The molecule has 1 unspecified atom stereocenters. The van der Waals surface area contributed by atoms with Crippen LogP contribution in [0.25, 0.3) is 0 Å². The maximum Gasteiger partial charge on any atom is 0.352 e. The number of hydrogen-bond acceptors (Lipinski definition) is 7. The first-order chi connectivity index (χ1) is 7.56. The second-order valence-corrected chi connectivity index (χ2v) is 4.12. The summed E-state index contributed by atoms with van der Waals surface area (Å²) in [6, 6.07) is 0.0722. The Morgan fingerprint density at radius 3 is 2.94 bits per heavy atom. The van der Waals surface area contributed by atoms with Crippen LogP contribution in [0.2, 0.25) is 0 Å². The third kappa shape index (κ3) is 2.96. The van der Waals surface area contributed by atoms with Crippen LogP contribution < -0.4 is 11.1 Å². The van der Waals surface area contributed by atoms with Crippen LogP contribution in [-0.4, -0.2) is 32.9 Å². The van der Waals surface area contributed by atoms with Gasteiger partial charge >= 0.3 is 5.69 Å². The monoisotopic (exact) mass is 243 g/mol. The predicted octanol–water partition coefficient (Wildman–Crippen LogP) is 1.13. The number of thioether (sulfide) groups is 1. The van der Waals surface area contributed by atoms with Gasteiger partial charge in [-0.2, -0.15) is 11.8 Å². The van der Waals surface area contributed by atoms with Crippen LogP contribution in [-0.2, 0) is 0 Å². The third-order valence-corrected chi connectivity index (χ3v) is 2.67. The van der Waals surface area contributed by atoms with Gasteiger partial charge in [0, 0.05) is 11.8 Å². The molecule has 0 aromatic carbocycles. The van der Waals surface area contributed by atoms with E-state index in [0.717, 1.165) is 5.75 Å². The van der Waals surface area contributed by atoms with Gasteiger partial charge in [0.2, 0.25) is 11.6 Å². The standard InChI is InChI=1S/C8H13N5O2S/c1-5(3-16-2)12-8-6(13(14)15)7(9)10-4-11-8/h4-5H,3H2,1-2H3,(H3,9,10,11,12). The van der Waals surface area contributed by atoms with Gasteiger partial charge in [0.25, 0.3) is 0 Å². The lowest BCUT2D eigenvalue weighted by atomic mass is 10.3. The molecule has 0 amide bonds. The van der Waals surface area contributed by atoms with E-state index in [1.54, 1.807) is 11.8 Å². The van der Waals surface area contributed by atoms with E-state index in [2.05, 4.69) is 15.3 Å². The molecule has 1 heterocycles. The highest BCUT2D eigenvalue weighted by atomic mass is 32.2. The maximum absolute atomic E-state index is 10.8. The van der Waals surface area contributed by atoms with Gasteiger partial charge in [-0.05, 0) is 13.2 Å². The number of nitrogens with two attached hydrogens (primary N) is 1. The Labute approximate surface area is 97.0 Å². The normalized spacial score (nSPS) is 12.1. The second kappa shape index (κ2) is 5.50. The minimum absolute atomic E-state index is 0.0722. The van der Waals surface area contributed by atoms with E-state index in [1.807, 2.05) is 13.2 Å². The van der Waals surface area contributed by atoms with Crippen LogP contribution in [0.3, 0.4) is 0 Å². The van der Waals surface area contributed by atoms with E-state index in [0.29, 0.717) is 0 Å². The van der Waals surface area contributed by atoms with Crippen molar-refractivity contribution in [3.05, 3.63) is 16.4 Å². The van der Waals surface area contributed by atoms with Crippen molar-refractivity contribution in [1.82, 2.24) is 9.97 Å². The molecule has 0 aliphatic carbocycles. The van der Waals surface area contributed by atoms with Crippen molar-refractivity contribution in [1.29, 1.82) is 0 Å². The summed E-state index contributed by atoms with van der Waals surface area (Å²) in [4.78, 5) is 17.6. The lowest BCUT2D eigenvalue weighted by molar-refractivity contribution is -0.383. The number of aromatic nitrogens is 2. The average Bonchev–Trinajstić information content (AvgIpc) is 2.17. The summed E-state index contributed by atoms with van der Waals surface area (Å²) in [5, 5.41) is 13.7. The van der Waals surface area contributed by atoms with Crippen molar-refractivity contribution in [3.63, 3.8) is 0 Å². The van der Waals surface area contributed by atoms with Crippen molar-refractivity contribution in [2.24, 2.45) is 0 Å². The Balaban J connectivity index is 2.95. The summed E-state index contributed by atoms with van der Waals surface area (Å²) in [7, 11) is 0. The van der Waals surface area contributed by atoms with Gasteiger partial charge in [-0.1, -0.05) is 0 Å². The van der Waals surface area contributed by atoms with Crippen LogP contribution >= 0.6 is 11.8 Å². The molecule has 3 N–H and O–H groups in total. The van der Waals surface area contributed by atoms with E-state index in [4.69, 9.17) is 5.73 Å². The average molecular weight is 243 g/mol. The highest BCUT2D eigenvalue weighted by Gasteiger charge is 2.21.